The Balaban J connectivity index is 2.01. The predicted molar refractivity (Wildman–Crippen MR) is 75.6 cm³/mol. The summed E-state index contributed by atoms with van der Waals surface area (Å²) in [5.41, 5.74) is 8.29. The van der Waals surface area contributed by atoms with Crippen molar-refractivity contribution in [2.45, 2.75) is 57.0 Å². The van der Waals surface area contributed by atoms with Crippen LogP contribution in [0.25, 0.3) is 0 Å². The smallest absolute Gasteiger partial charge is 0.0594 e. The molecule has 0 atom stereocenters. The summed E-state index contributed by atoms with van der Waals surface area (Å²) in [5.74, 6) is 0. The molecule has 1 aliphatic carbocycles. The number of aryl methyl sites for hydroxylation is 1. The van der Waals surface area contributed by atoms with Crippen LogP contribution in [-0.4, -0.2) is 17.3 Å². The van der Waals surface area contributed by atoms with Crippen molar-refractivity contribution in [2.75, 3.05) is 6.54 Å². The third kappa shape index (κ3) is 2.93. The summed E-state index contributed by atoms with van der Waals surface area (Å²) in [6.45, 7) is 4.48. The molecular formula is C16H25NO. The van der Waals surface area contributed by atoms with Gasteiger partial charge in [0.2, 0.25) is 0 Å². The first-order valence-electron chi connectivity index (χ1n) is 6.97. The van der Waals surface area contributed by atoms with Crippen molar-refractivity contribution < 1.29 is 5.11 Å². The molecule has 1 aliphatic rings. The van der Waals surface area contributed by atoms with Crippen LogP contribution in [0.1, 0.15) is 50.7 Å². The second-order valence-corrected chi connectivity index (χ2v) is 6.35. The van der Waals surface area contributed by atoms with Crippen LogP contribution in [0.15, 0.2) is 24.3 Å². The fraction of sp³-hybridized carbons (Fsp3) is 0.625. The lowest BCUT2D eigenvalue weighted by Gasteiger charge is -2.41. The molecule has 2 nitrogen and oxygen atoms in total. The molecule has 100 valence electrons. The number of rotatable bonds is 5. The Kier molecular flexibility index (Phi) is 3.79. The maximum atomic E-state index is 9.73. The van der Waals surface area contributed by atoms with E-state index in [0.29, 0.717) is 0 Å². The maximum Gasteiger partial charge on any atom is 0.0594 e. The van der Waals surface area contributed by atoms with E-state index in [4.69, 9.17) is 5.73 Å². The lowest BCUT2D eigenvalue weighted by molar-refractivity contribution is 0.0714. The molecular weight excluding hydrogens is 222 g/mol. The van der Waals surface area contributed by atoms with E-state index in [1.807, 2.05) is 13.8 Å². The van der Waals surface area contributed by atoms with E-state index in [9.17, 15) is 5.11 Å². The number of hydrogen-bond donors (Lipinski definition) is 2. The molecule has 0 saturated heterocycles. The van der Waals surface area contributed by atoms with Gasteiger partial charge in [0, 0.05) is 12.0 Å². The van der Waals surface area contributed by atoms with Gasteiger partial charge in [-0.3, -0.25) is 0 Å². The highest BCUT2D eigenvalue weighted by atomic mass is 16.3. The van der Waals surface area contributed by atoms with Crippen molar-refractivity contribution in [3.63, 3.8) is 0 Å². The van der Waals surface area contributed by atoms with E-state index in [0.717, 1.165) is 19.4 Å². The van der Waals surface area contributed by atoms with Gasteiger partial charge in [0.25, 0.3) is 0 Å². The van der Waals surface area contributed by atoms with E-state index in [2.05, 4.69) is 24.3 Å². The van der Waals surface area contributed by atoms with Crippen LogP contribution in [0.3, 0.4) is 0 Å². The maximum absolute atomic E-state index is 9.73. The zero-order chi connectivity index (χ0) is 13.2. The van der Waals surface area contributed by atoms with Crippen LogP contribution >= 0.6 is 0 Å². The van der Waals surface area contributed by atoms with Crippen molar-refractivity contribution >= 4 is 0 Å². The van der Waals surface area contributed by atoms with E-state index in [-0.39, 0.29) is 5.41 Å². The van der Waals surface area contributed by atoms with Gasteiger partial charge in [-0.15, -0.1) is 0 Å². The van der Waals surface area contributed by atoms with Gasteiger partial charge in [-0.05, 0) is 50.7 Å². The fourth-order valence-corrected chi connectivity index (χ4v) is 2.69. The second-order valence-electron chi connectivity index (χ2n) is 6.35. The Hall–Kier alpha value is -0.860. The quantitative estimate of drug-likeness (QED) is 0.840. The Labute approximate surface area is 110 Å². The zero-order valence-corrected chi connectivity index (χ0v) is 11.6. The van der Waals surface area contributed by atoms with Crippen molar-refractivity contribution in [3.8, 4) is 0 Å². The average Bonchev–Trinajstić information content (AvgIpc) is 2.26. The Bertz CT molecular complexity index is 379. The third-order valence-electron chi connectivity index (χ3n) is 4.29. The third-order valence-corrected chi connectivity index (χ3v) is 4.29. The zero-order valence-electron chi connectivity index (χ0n) is 11.6. The number of hydrogen-bond acceptors (Lipinski definition) is 2. The molecule has 3 N–H and O–H groups in total. The van der Waals surface area contributed by atoms with Crippen molar-refractivity contribution in [1.82, 2.24) is 0 Å². The van der Waals surface area contributed by atoms with Crippen LogP contribution in [0.2, 0.25) is 0 Å². The molecule has 0 spiro atoms. The van der Waals surface area contributed by atoms with E-state index in [1.54, 1.807) is 0 Å². The molecule has 0 unspecified atom stereocenters. The van der Waals surface area contributed by atoms with Crippen molar-refractivity contribution in [2.24, 2.45) is 5.73 Å². The van der Waals surface area contributed by atoms with Gasteiger partial charge in [-0.1, -0.05) is 30.7 Å². The highest BCUT2D eigenvalue weighted by molar-refractivity contribution is 5.31. The van der Waals surface area contributed by atoms with Crippen LogP contribution < -0.4 is 5.73 Å². The Morgan fingerprint density at radius 1 is 1.22 bits per heavy atom. The van der Waals surface area contributed by atoms with Crippen LogP contribution in [0.5, 0.6) is 0 Å². The van der Waals surface area contributed by atoms with Gasteiger partial charge in [-0.25, -0.2) is 0 Å². The number of benzene rings is 1. The fourth-order valence-electron chi connectivity index (χ4n) is 2.69. The monoisotopic (exact) mass is 247 g/mol. The van der Waals surface area contributed by atoms with E-state index >= 15 is 0 Å². The average molecular weight is 247 g/mol. The summed E-state index contributed by atoms with van der Waals surface area (Å²) in [7, 11) is 0. The molecule has 1 fully saturated rings. The second kappa shape index (κ2) is 5.02. The van der Waals surface area contributed by atoms with E-state index < -0.39 is 5.60 Å². The molecule has 1 saturated carbocycles. The van der Waals surface area contributed by atoms with Crippen molar-refractivity contribution in [1.29, 1.82) is 0 Å². The molecule has 0 aromatic heterocycles. The molecule has 0 radical (unpaired) electrons. The summed E-state index contributed by atoms with van der Waals surface area (Å²) in [4.78, 5) is 0. The number of nitrogens with two attached hydrogens (primary N) is 1. The molecule has 0 aliphatic heterocycles. The Morgan fingerprint density at radius 3 is 2.22 bits per heavy atom. The minimum absolute atomic E-state index is 0.259. The lowest BCUT2D eigenvalue weighted by atomic mass is 9.64. The summed E-state index contributed by atoms with van der Waals surface area (Å²) in [6.07, 6.45) is 5.49. The largest absolute Gasteiger partial charge is 0.390 e. The van der Waals surface area contributed by atoms with Gasteiger partial charge >= 0.3 is 0 Å². The normalized spacial score (nSPS) is 18.4. The minimum Gasteiger partial charge on any atom is -0.390 e. The molecule has 18 heavy (non-hydrogen) atoms. The lowest BCUT2D eigenvalue weighted by Crippen LogP contribution is -2.41. The summed E-state index contributed by atoms with van der Waals surface area (Å²) in [6, 6.07) is 8.84. The van der Waals surface area contributed by atoms with Crippen molar-refractivity contribution in [3.05, 3.63) is 35.4 Å². The SMILES string of the molecule is CC(C)(O)CCc1ccc(C2(CN)CCC2)cc1. The van der Waals surface area contributed by atoms with Gasteiger partial charge in [0.05, 0.1) is 5.60 Å². The standard InChI is InChI=1S/C16H25NO/c1-15(2,18)11-8-13-4-6-14(7-5-13)16(12-17)9-3-10-16/h4-7,18H,3,8-12,17H2,1-2H3. The number of aliphatic hydroxyl groups is 1. The van der Waals surface area contributed by atoms with Gasteiger partial charge in [0.15, 0.2) is 0 Å². The van der Waals surface area contributed by atoms with Gasteiger partial charge in [0.1, 0.15) is 0 Å². The van der Waals surface area contributed by atoms with Crippen LogP contribution in [0, 0.1) is 0 Å². The van der Waals surface area contributed by atoms with E-state index in [1.165, 1.54) is 30.4 Å². The molecule has 2 rings (SSSR count). The topological polar surface area (TPSA) is 46.2 Å². The predicted octanol–water partition coefficient (Wildman–Crippen LogP) is 2.77. The summed E-state index contributed by atoms with van der Waals surface area (Å²) >= 11 is 0. The Morgan fingerprint density at radius 2 is 1.83 bits per heavy atom. The highest BCUT2D eigenvalue weighted by Gasteiger charge is 2.36. The molecule has 1 aromatic rings. The molecule has 2 heteroatoms. The molecule has 0 bridgehead atoms. The molecule has 0 amide bonds. The summed E-state index contributed by atoms with van der Waals surface area (Å²) in [5, 5.41) is 9.73. The molecule has 0 heterocycles. The highest BCUT2D eigenvalue weighted by Crippen LogP contribution is 2.42. The summed E-state index contributed by atoms with van der Waals surface area (Å²) < 4.78 is 0. The first-order chi connectivity index (χ1) is 8.45. The first kappa shape index (κ1) is 13.6. The van der Waals surface area contributed by atoms with Crippen LogP contribution in [-0.2, 0) is 11.8 Å². The first-order valence-corrected chi connectivity index (χ1v) is 6.97. The van der Waals surface area contributed by atoms with Gasteiger partial charge < -0.3 is 10.8 Å². The minimum atomic E-state index is -0.578. The van der Waals surface area contributed by atoms with Crippen LogP contribution in [0.4, 0.5) is 0 Å². The molecule has 1 aromatic carbocycles. The van der Waals surface area contributed by atoms with Gasteiger partial charge in [-0.2, -0.15) is 0 Å².